The van der Waals surface area contributed by atoms with Crippen molar-refractivity contribution in [3.05, 3.63) is 42.1 Å². The molecule has 106 valence electrons. The fourth-order valence-electron chi connectivity index (χ4n) is 1.93. The zero-order valence-electron chi connectivity index (χ0n) is 11.5. The van der Waals surface area contributed by atoms with E-state index in [4.69, 9.17) is 10.8 Å². The lowest BCUT2D eigenvalue weighted by Gasteiger charge is -2.28. The topological polar surface area (TPSA) is 76.2 Å². The average Bonchev–Trinajstić information content (AvgIpc) is 2.44. The summed E-state index contributed by atoms with van der Waals surface area (Å²) in [6.45, 7) is 3.72. The molecule has 1 aromatic heterocycles. The molecule has 1 atom stereocenters. The van der Waals surface area contributed by atoms with E-state index in [1.165, 1.54) is 0 Å². The summed E-state index contributed by atoms with van der Waals surface area (Å²) in [5, 5.41) is 10.1. The van der Waals surface area contributed by atoms with Crippen molar-refractivity contribution in [2.24, 2.45) is 5.73 Å². The van der Waals surface area contributed by atoms with Gasteiger partial charge in [-0.05, 0) is 31.5 Å². The fraction of sp³-hybridized carbons (Fsp3) is 0.333. The second-order valence-electron chi connectivity index (χ2n) is 5.20. The summed E-state index contributed by atoms with van der Waals surface area (Å²) in [6, 6.07) is 9.01. The first kappa shape index (κ1) is 14.8. The molecule has 0 bridgehead atoms. The Morgan fingerprint density at radius 3 is 2.80 bits per heavy atom. The smallest absolute Gasteiger partial charge is 0.321 e. The van der Waals surface area contributed by atoms with Crippen molar-refractivity contribution < 1.29 is 9.90 Å². The minimum Gasteiger partial charge on any atom is -0.480 e. The van der Waals surface area contributed by atoms with Crippen molar-refractivity contribution in [1.29, 1.82) is 0 Å². The molecule has 0 amide bonds. The fourth-order valence-corrected chi connectivity index (χ4v) is 2.99. The number of carboxylic acids is 1. The number of hydrogen-bond donors (Lipinski definition) is 2. The highest BCUT2D eigenvalue weighted by molar-refractivity contribution is 7.99. The van der Waals surface area contributed by atoms with E-state index in [0.29, 0.717) is 5.75 Å². The summed E-state index contributed by atoms with van der Waals surface area (Å²) >= 11 is 1.55. The molecule has 4 nitrogen and oxygen atoms in total. The molecule has 2 rings (SSSR count). The minimum atomic E-state index is -0.970. The van der Waals surface area contributed by atoms with Crippen LogP contribution in [-0.4, -0.2) is 26.8 Å². The van der Waals surface area contributed by atoms with Crippen LogP contribution in [0.1, 0.15) is 19.4 Å². The Hall–Kier alpha value is -1.59. The van der Waals surface area contributed by atoms with E-state index in [2.05, 4.69) is 4.98 Å². The zero-order valence-corrected chi connectivity index (χ0v) is 12.4. The lowest BCUT2D eigenvalue weighted by atomic mass is 10.1. The summed E-state index contributed by atoms with van der Waals surface area (Å²) in [5.74, 6) is -0.265. The highest BCUT2D eigenvalue weighted by Gasteiger charge is 2.32. The molecule has 1 heterocycles. The van der Waals surface area contributed by atoms with Crippen molar-refractivity contribution in [3.8, 4) is 0 Å². The maximum atomic E-state index is 11.0. The summed E-state index contributed by atoms with van der Waals surface area (Å²) in [7, 11) is 0. The highest BCUT2D eigenvalue weighted by atomic mass is 32.2. The van der Waals surface area contributed by atoms with E-state index in [0.717, 1.165) is 16.5 Å². The molecule has 0 aliphatic carbocycles. The van der Waals surface area contributed by atoms with Crippen LogP contribution in [0.2, 0.25) is 0 Å². The molecule has 0 aliphatic rings. The van der Waals surface area contributed by atoms with Gasteiger partial charge in [0.25, 0.3) is 0 Å². The monoisotopic (exact) mass is 290 g/mol. The lowest BCUT2D eigenvalue weighted by Crippen LogP contribution is -2.46. The van der Waals surface area contributed by atoms with Crippen LogP contribution < -0.4 is 5.73 Å². The molecule has 5 heteroatoms. The maximum absolute atomic E-state index is 11.0. The quantitative estimate of drug-likeness (QED) is 0.885. The number of carboxylic acid groups (broad SMARTS) is 1. The molecule has 3 N–H and O–H groups in total. The first-order valence-electron chi connectivity index (χ1n) is 6.37. The predicted octanol–water partition coefficient (Wildman–Crippen LogP) is 2.66. The van der Waals surface area contributed by atoms with Crippen LogP contribution in [-0.2, 0) is 10.5 Å². The van der Waals surface area contributed by atoms with Crippen molar-refractivity contribution >= 4 is 28.6 Å². The summed E-state index contributed by atoms with van der Waals surface area (Å²) in [5.41, 5.74) is 7.83. The third-order valence-corrected chi connectivity index (χ3v) is 4.81. The Kier molecular flexibility index (Phi) is 4.30. The molecule has 1 aromatic carbocycles. The van der Waals surface area contributed by atoms with E-state index in [-0.39, 0.29) is 0 Å². The van der Waals surface area contributed by atoms with Gasteiger partial charge in [-0.1, -0.05) is 18.2 Å². The molecular weight excluding hydrogens is 272 g/mol. The maximum Gasteiger partial charge on any atom is 0.321 e. The third-order valence-electron chi connectivity index (χ3n) is 3.35. The average molecular weight is 290 g/mol. The standard InChI is InChI=1S/C15H18N2O2S/c1-15(2,13(16)14(18)19)20-9-10-7-8-17-12-6-4-3-5-11(10)12/h3-8,13H,9,16H2,1-2H3,(H,18,19)/t13-/m1/s1. The van der Waals surface area contributed by atoms with Gasteiger partial charge >= 0.3 is 5.97 Å². The zero-order chi connectivity index (χ0) is 14.8. The molecule has 0 fully saturated rings. The van der Waals surface area contributed by atoms with Gasteiger partial charge in [-0.15, -0.1) is 11.8 Å². The van der Waals surface area contributed by atoms with Crippen molar-refractivity contribution in [1.82, 2.24) is 4.98 Å². The van der Waals surface area contributed by atoms with Crippen LogP contribution >= 0.6 is 11.8 Å². The van der Waals surface area contributed by atoms with E-state index >= 15 is 0 Å². The number of aliphatic carboxylic acids is 1. The number of para-hydroxylation sites is 1. The van der Waals surface area contributed by atoms with Gasteiger partial charge < -0.3 is 10.8 Å². The van der Waals surface area contributed by atoms with Crippen LogP contribution in [0.5, 0.6) is 0 Å². The van der Waals surface area contributed by atoms with E-state index in [9.17, 15) is 4.79 Å². The molecule has 2 aromatic rings. The molecular formula is C15H18N2O2S. The first-order chi connectivity index (χ1) is 9.42. The van der Waals surface area contributed by atoms with Gasteiger partial charge in [-0.25, -0.2) is 0 Å². The summed E-state index contributed by atoms with van der Waals surface area (Å²) < 4.78 is -0.532. The summed E-state index contributed by atoms with van der Waals surface area (Å²) in [6.07, 6.45) is 1.78. The molecule has 0 radical (unpaired) electrons. The van der Waals surface area contributed by atoms with Crippen LogP contribution in [0.3, 0.4) is 0 Å². The normalized spacial score (nSPS) is 13.3. The van der Waals surface area contributed by atoms with Gasteiger partial charge in [0.15, 0.2) is 0 Å². The number of nitrogens with two attached hydrogens (primary N) is 1. The van der Waals surface area contributed by atoms with Crippen LogP contribution in [0.4, 0.5) is 0 Å². The van der Waals surface area contributed by atoms with Gasteiger partial charge in [-0.3, -0.25) is 9.78 Å². The van der Waals surface area contributed by atoms with Crippen LogP contribution in [0.25, 0.3) is 10.9 Å². The van der Waals surface area contributed by atoms with Crippen LogP contribution in [0, 0.1) is 0 Å². The molecule has 0 spiro atoms. The van der Waals surface area contributed by atoms with E-state index in [1.807, 2.05) is 44.2 Å². The van der Waals surface area contributed by atoms with Crippen molar-refractivity contribution in [3.63, 3.8) is 0 Å². The largest absolute Gasteiger partial charge is 0.480 e. The van der Waals surface area contributed by atoms with Crippen molar-refractivity contribution in [2.45, 2.75) is 30.4 Å². The molecule has 0 unspecified atom stereocenters. The molecule has 0 saturated heterocycles. The molecule has 0 aliphatic heterocycles. The molecule has 0 saturated carbocycles. The second kappa shape index (κ2) is 5.81. The number of benzene rings is 1. The van der Waals surface area contributed by atoms with Crippen molar-refractivity contribution in [2.75, 3.05) is 0 Å². The third kappa shape index (κ3) is 3.11. The van der Waals surface area contributed by atoms with E-state index in [1.54, 1.807) is 18.0 Å². The Morgan fingerprint density at radius 1 is 1.40 bits per heavy atom. The number of fused-ring (bicyclic) bond motifs is 1. The summed E-state index contributed by atoms with van der Waals surface area (Å²) in [4.78, 5) is 15.3. The lowest BCUT2D eigenvalue weighted by molar-refractivity contribution is -0.139. The van der Waals surface area contributed by atoms with Gasteiger partial charge in [-0.2, -0.15) is 0 Å². The highest BCUT2D eigenvalue weighted by Crippen LogP contribution is 2.32. The Morgan fingerprint density at radius 2 is 2.10 bits per heavy atom. The number of pyridine rings is 1. The van der Waals surface area contributed by atoms with E-state index < -0.39 is 16.8 Å². The van der Waals surface area contributed by atoms with Gasteiger partial charge in [0.1, 0.15) is 6.04 Å². The Labute approximate surface area is 122 Å². The van der Waals surface area contributed by atoms with Crippen LogP contribution in [0.15, 0.2) is 36.5 Å². The number of thioether (sulfide) groups is 1. The minimum absolute atomic E-state index is 0.532. The number of carbonyl (C=O) groups is 1. The second-order valence-corrected chi connectivity index (χ2v) is 6.82. The number of hydrogen-bond acceptors (Lipinski definition) is 4. The number of aromatic nitrogens is 1. The number of rotatable bonds is 5. The van der Waals surface area contributed by atoms with Gasteiger partial charge in [0, 0.05) is 22.1 Å². The van der Waals surface area contributed by atoms with Gasteiger partial charge in [0.2, 0.25) is 0 Å². The SMILES string of the molecule is CC(C)(SCc1ccnc2ccccc12)[C@H](N)C(=O)O. The first-order valence-corrected chi connectivity index (χ1v) is 7.35. The number of nitrogens with zero attached hydrogens (tertiary/aromatic N) is 1. The van der Waals surface area contributed by atoms with Gasteiger partial charge in [0.05, 0.1) is 5.52 Å². The Bertz CT molecular complexity index is 623. The Balaban J connectivity index is 2.19. The molecule has 20 heavy (non-hydrogen) atoms. The predicted molar refractivity (Wildman–Crippen MR) is 82.7 cm³/mol.